The van der Waals surface area contributed by atoms with Gasteiger partial charge in [-0.25, -0.2) is 14.4 Å². The predicted molar refractivity (Wildman–Crippen MR) is 106 cm³/mol. The molecule has 3 aromatic heterocycles. The quantitative estimate of drug-likeness (QED) is 0.526. The van der Waals surface area contributed by atoms with Crippen molar-refractivity contribution in [2.24, 2.45) is 0 Å². The Morgan fingerprint density at radius 2 is 2.00 bits per heavy atom. The molecule has 1 aromatic carbocycles. The second-order valence-electron chi connectivity index (χ2n) is 6.69. The molecule has 0 spiro atoms. The van der Waals surface area contributed by atoms with Crippen LogP contribution in [-0.4, -0.2) is 30.6 Å². The fourth-order valence-electron chi connectivity index (χ4n) is 2.85. The number of amides is 1. The van der Waals surface area contributed by atoms with E-state index in [0.717, 1.165) is 5.56 Å². The van der Waals surface area contributed by atoms with Gasteiger partial charge in [0.25, 0.3) is 11.8 Å². The number of rotatable bonds is 6. The van der Waals surface area contributed by atoms with Gasteiger partial charge in [0.05, 0.1) is 11.6 Å². The summed E-state index contributed by atoms with van der Waals surface area (Å²) in [5, 5.41) is 6.72. The lowest BCUT2D eigenvalue weighted by Gasteiger charge is -2.13. The van der Waals surface area contributed by atoms with Gasteiger partial charge in [-0.05, 0) is 36.8 Å². The number of hydrogen-bond donors (Lipinski definition) is 1. The number of aryl methyl sites for hydroxylation is 1. The van der Waals surface area contributed by atoms with Gasteiger partial charge < -0.3 is 9.84 Å². The normalized spacial score (nSPS) is 12.0. The molecule has 152 valence electrons. The molecule has 0 unspecified atom stereocenters. The minimum absolute atomic E-state index is 0.249. The van der Waals surface area contributed by atoms with Crippen molar-refractivity contribution in [3.8, 4) is 17.3 Å². The smallest absolute Gasteiger partial charge is 0.271 e. The van der Waals surface area contributed by atoms with Crippen LogP contribution in [0.25, 0.3) is 17.3 Å². The molecule has 0 saturated heterocycles. The van der Waals surface area contributed by atoms with E-state index in [1.54, 1.807) is 35.2 Å². The van der Waals surface area contributed by atoms with Crippen LogP contribution >= 0.6 is 0 Å². The summed E-state index contributed by atoms with van der Waals surface area (Å²) in [6, 6.07) is 9.29. The molecule has 0 radical (unpaired) electrons. The zero-order chi connectivity index (χ0) is 21.1. The number of halogens is 1. The fraction of sp³-hybridized carbons (Fsp3) is 0.190. The summed E-state index contributed by atoms with van der Waals surface area (Å²) in [6.45, 7) is 3.77. The van der Waals surface area contributed by atoms with Crippen LogP contribution in [0, 0.1) is 5.82 Å². The predicted octanol–water partition coefficient (Wildman–Crippen LogP) is 3.51. The monoisotopic (exact) mass is 406 g/mol. The van der Waals surface area contributed by atoms with Crippen LogP contribution in [0.15, 0.2) is 59.6 Å². The number of nitrogens with zero attached hydrogens (tertiary/aromatic N) is 5. The van der Waals surface area contributed by atoms with E-state index in [2.05, 4.69) is 25.4 Å². The minimum atomic E-state index is -0.333. The zero-order valence-electron chi connectivity index (χ0n) is 16.4. The molecule has 4 aromatic rings. The lowest BCUT2D eigenvalue weighted by atomic mass is 10.1. The van der Waals surface area contributed by atoms with Crippen LogP contribution in [0.1, 0.15) is 41.8 Å². The molecule has 1 amide bonds. The van der Waals surface area contributed by atoms with E-state index in [9.17, 15) is 9.18 Å². The Hall–Kier alpha value is -3.88. The number of pyridine rings is 1. The first kappa shape index (κ1) is 19.4. The summed E-state index contributed by atoms with van der Waals surface area (Å²) < 4.78 is 19.9. The van der Waals surface area contributed by atoms with Gasteiger partial charge in [0, 0.05) is 18.8 Å². The molecule has 1 atom stereocenters. The third kappa shape index (κ3) is 4.09. The number of imidazole rings is 1. The van der Waals surface area contributed by atoms with Gasteiger partial charge in [-0.15, -0.1) is 0 Å². The molecule has 0 saturated carbocycles. The molecular weight excluding hydrogens is 387 g/mol. The average molecular weight is 406 g/mol. The van der Waals surface area contributed by atoms with E-state index in [0.29, 0.717) is 29.5 Å². The van der Waals surface area contributed by atoms with Crippen LogP contribution in [0.4, 0.5) is 4.39 Å². The van der Waals surface area contributed by atoms with Crippen LogP contribution in [0.5, 0.6) is 0 Å². The molecule has 3 heterocycles. The van der Waals surface area contributed by atoms with Crippen molar-refractivity contribution in [1.82, 2.24) is 30.0 Å². The molecule has 0 aliphatic heterocycles. The van der Waals surface area contributed by atoms with Gasteiger partial charge in [0.15, 0.2) is 5.82 Å². The number of hydrogen-bond acceptors (Lipinski definition) is 6. The van der Waals surface area contributed by atoms with Crippen LogP contribution in [0.3, 0.4) is 0 Å². The summed E-state index contributed by atoms with van der Waals surface area (Å²) in [5.74, 6) is 0.979. The molecule has 9 heteroatoms. The second-order valence-corrected chi connectivity index (χ2v) is 6.69. The van der Waals surface area contributed by atoms with Crippen LogP contribution < -0.4 is 5.32 Å². The van der Waals surface area contributed by atoms with Gasteiger partial charge in [0.1, 0.15) is 23.7 Å². The molecule has 8 nitrogen and oxygen atoms in total. The number of nitrogens with one attached hydrogen (secondary N) is 1. The number of benzene rings is 1. The number of carbonyl (C=O) groups is 1. The third-order valence-corrected chi connectivity index (χ3v) is 4.58. The molecule has 0 aliphatic carbocycles. The molecule has 0 bridgehead atoms. The summed E-state index contributed by atoms with van der Waals surface area (Å²) in [6.07, 6.45) is 5.42. The molecular formula is C21H19FN6O2. The van der Waals surface area contributed by atoms with Gasteiger partial charge in [-0.2, -0.15) is 4.98 Å². The van der Waals surface area contributed by atoms with E-state index < -0.39 is 0 Å². The van der Waals surface area contributed by atoms with Crippen molar-refractivity contribution in [2.75, 3.05) is 0 Å². The summed E-state index contributed by atoms with van der Waals surface area (Å²) in [7, 11) is 0. The van der Waals surface area contributed by atoms with Crippen LogP contribution in [-0.2, 0) is 6.42 Å². The summed E-state index contributed by atoms with van der Waals surface area (Å²) in [4.78, 5) is 25.3. The molecule has 4 rings (SSSR count). The van der Waals surface area contributed by atoms with Gasteiger partial charge in [0.2, 0.25) is 0 Å². The van der Waals surface area contributed by atoms with E-state index in [-0.39, 0.29) is 23.5 Å². The Morgan fingerprint density at radius 1 is 1.20 bits per heavy atom. The Kier molecular flexibility index (Phi) is 5.34. The maximum atomic E-state index is 13.1. The van der Waals surface area contributed by atoms with E-state index >= 15 is 0 Å². The van der Waals surface area contributed by atoms with Gasteiger partial charge in [-0.1, -0.05) is 24.2 Å². The highest BCUT2D eigenvalue weighted by atomic mass is 19.1. The van der Waals surface area contributed by atoms with Crippen molar-refractivity contribution < 1.29 is 13.7 Å². The van der Waals surface area contributed by atoms with Crippen molar-refractivity contribution in [3.05, 3.63) is 78.0 Å². The standard InChI is InChI=1S/C21H19FN6O2/c1-3-18-26-21(30-27-18)15-6-9-19(23-10-15)28-11-17(24-12-28)20(29)25-13(2)14-4-7-16(22)8-5-14/h4-13H,3H2,1-2H3,(H,25,29)/t13-/m1/s1. The Bertz CT molecular complexity index is 1150. The number of carbonyl (C=O) groups excluding carboxylic acids is 1. The Morgan fingerprint density at radius 3 is 2.67 bits per heavy atom. The topological polar surface area (TPSA) is 98.7 Å². The first-order chi connectivity index (χ1) is 14.5. The minimum Gasteiger partial charge on any atom is -0.344 e. The van der Waals surface area contributed by atoms with Crippen molar-refractivity contribution >= 4 is 5.91 Å². The number of aromatic nitrogens is 5. The highest BCUT2D eigenvalue weighted by molar-refractivity contribution is 5.92. The maximum Gasteiger partial charge on any atom is 0.271 e. The highest BCUT2D eigenvalue weighted by Crippen LogP contribution is 2.18. The average Bonchev–Trinajstić information content (AvgIpc) is 3.44. The molecule has 0 fully saturated rings. The highest BCUT2D eigenvalue weighted by Gasteiger charge is 2.15. The van der Waals surface area contributed by atoms with E-state index in [1.165, 1.54) is 18.5 Å². The van der Waals surface area contributed by atoms with E-state index in [4.69, 9.17) is 4.52 Å². The summed E-state index contributed by atoms with van der Waals surface area (Å²) >= 11 is 0. The maximum absolute atomic E-state index is 13.1. The zero-order valence-corrected chi connectivity index (χ0v) is 16.4. The van der Waals surface area contributed by atoms with Gasteiger partial charge >= 0.3 is 0 Å². The lowest BCUT2D eigenvalue weighted by molar-refractivity contribution is 0.0935. The lowest BCUT2D eigenvalue weighted by Crippen LogP contribution is -2.26. The first-order valence-corrected chi connectivity index (χ1v) is 9.43. The van der Waals surface area contributed by atoms with Crippen LogP contribution in [0.2, 0.25) is 0 Å². The molecule has 1 N–H and O–H groups in total. The van der Waals surface area contributed by atoms with E-state index in [1.807, 2.05) is 19.9 Å². The van der Waals surface area contributed by atoms with Crippen molar-refractivity contribution in [2.45, 2.75) is 26.3 Å². The molecule has 30 heavy (non-hydrogen) atoms. The van der Waals surface area contributed by atoms with Crippen molar-refractivity contribution in [1.29, 1.82) is 0 Å². The SMILES string of the molecule is CCc1noc(-c2ccc(-n3cnc(C(=O)N[C@H](C)c4ccc(F)cc4)c3)nc2)n1. The second kappa shape index (κ2) is 8.24. The Balaban J connectivity index is 1.45. The molecule has 0 aliphatic rings. The largest absolute Gasteiger partial charge is 0.344 e. The van der Waals surface area contributed by atoms with Crippen molar-refractivity contribution in [3.63, 3.8) is 0 Å². The fourth-order valence-corrected chi connectivity index (χ4v) is 2.85. The third-order valence-electron chi connectivity index (χ3n) is 4.58. The summed E-state index contributed by atoms with van der Waals surface area (Å²) in [5.41, 5.74) is 1.75. The Labute approximate surface area is 171 Å². The first-order valence-electron chi connectivity index (χ1n) is 9.43. The van der Waals surface area contributed by atoms with Gasteiger partial charge in [-0.3, -0.25) is 9.36 Å².